The van der Waals surface area contributed by atoms with E-state index in [0.29, 0.717) is 5.02 Å². The predicted molar refractivity (Wildman–Crippen MR) is 121 cm³/mol. The van der Waals surface area contributed by atoms with Crippen LogP contribution in [0.2, 0.25) is 5.02 Å². The summed E-state index contributed by atoms with van der Waals surface area (Å²) in [5, 5.41) is 3.95. The number of likely N-dealkylation sites (N-methyl/N-ethyl adjacent to an activating group) is 1. The van der Waals surface area contributed by atoms with Gasteiger partial charge in [0, 0.05) is 43.8 Å². The number of halogens is 1. The third-order valence-corrected chi connectivity index (χ3v) is 6.26. The number of anilines is 1. The molecular formula is C23H29ClN4O2. The molecule has 0 spiro atoms. The summed E-state index contributed by atoms with van der Waals surface area (Å²) in [5.41, 5.74) is 2.15. The van der Waals surface area contributed by atoms with Crippen LogP contribution >= 0.6 is 11.6 Å². The first kappa shape index (κ1) is 20.8. The number of ether oxygens (including phenoxy) is 1. The number of methoxy groups -OCH3 is 1. The van der Waals surface area contributed by atoms with Crippen LogP contribution in [0.15, 0.2) is 48.5 Å². The number of carbonyl (C=O) groups excluding carboxylic acids is 1. The van der Waals surface area contributed by atoms with Crippen LogP contribution in [0.5, 0.6) is 5.75 Å². The zero-order chi connectivity index (χ0) is 21.1. The van der Waals surface area contributed by atoms with Crippen LogP contribution in [-0.2, 0) is 0 Å². The van der Waals surface area contributed by atoms with Crippen molar-refractivity contribution >= 4 is 23.3 Å². The van der Waals surface area contributed by atoms with Gasteiger partial charge in [-0.05, 0) is 37.2 Å². The molecule has 2 saturated heterocycles. The summed E-state index contributed by atoms with van der Waals surface area (Å²) in [4.78, 5) is 19.7. The lowest BCUT2D eigenvalue weighted by Gasteiger charge is -2.40. The van der Waals surface area contributed by atoms with Gasteiger partial charge in [-0.3, -0.25) is 0 Å². The molecule has 2 aromatic carbocycles. The molecule has 2 aromatic rings. The monoisotopic (exact) mass is 428 g/mol. The van der Waals surface area contributed by atoms with Crippen molar-refractivity contribution in [1.29, 1.82) is 0 Å². The fraction of sp³-hybridized carbons (Fsp3) is 0.435. The third-order valence-electron chi connectivity index (χ3n) is 6.03. The van der Waals surface area contributed by atoms with Crippen molar-refractivity contribution in [3.63, 3.8) is 0 Å². The van der Waals surface area contributed by atoms with Gasteiger partial charge >= 0.3 is 6.03 Å². The van der Waals surface area contributed by atoms with E-state index in [0.717, 1.165) is 50.6 Å². The molecule has 2 atom stereocenters. The minimum absolute atomic E-state index is 0.0156. The average molecular weight is 429 g/mol. The van der Waals surface area contributed by atoms with Gasteiger partial charge in [-0.25, -0.2) is 4.79 Å². The van der Waals surface area contributed by atoms with E-state index in [9.17, 15) is 4.79 Å². The highest BCUT2D eigenvalue weighted by Crippen LogP contribution is 2.33. The zero-order valence-corrected chi connectivity index (χ0v) is 18.3. The van der Waals surface area contributed by atoms with Crippen LogP contribution in [0, 0.1) is 0 Å². The van der Waals surface area contributed by atoms with E-state index in [-0.39, 0.29) is 18.1 Å². The summed E-state index contributed by atoms with van der Waals surface area (Å²) in [6.45, 7) is 4.04. The highest BCUT2D eigenvalue weighted by molar-refractivity contribution is 6.30. The normalized spacial score (nSPS) is 22.2. The Bertz CT molecular complexity index is 879. The predicted octanol–water partition coefficient (Wildman–Crippen LogP) is 3.63. The lowest BCUT2D eigenvalue weighted by atomic mass is 10.0. The maximum absolute atomic E-state index is 13.2. The Balaban J connectivity index is 1.43. The van der Waals surface area contributed by atoms with E-state index in [1.165, 1.54) is 5.56 Å². The second-order valence-electron chi connectivity index (χ2n) is 8.08. The second-order valence-corrected chi connectivity index (χ2v) is 8.52. The van der Waals surface area contributed by atoms with Crippen molar-refractivity contribution < 1.29 is 9.53 Å². The molecule has 1 N–H and O–H groups in total. The Morgan fingerprint density at radius 1 is 1.10 bits per heavy atom. The highest BCUT2D eigenvalue weighted by Gasteiger charge is 2.33. The lowest BCUT2D eigenvalue weighted by Crippen LogP contribution is -2.54. The number of rotatable bonds is 4. The molecular weight excluding hydrogens is 400 g/mol. The van der Waals surface area contributed by atoms with Gasteiger partial charge in [-0.15, -0.1) is 0 Å². The molecule has 0 radical (unpaired) electrons. The van der Waals surface area contributed by atoms with Crippen molar-refractivity contribution in [2.45, 2.75) is 18.5 Å². The lowest BCUT2D eigenvalue weighted by molar-refractivity contribution is 0.107. The van der Waals surface area contributed by atoms with Gasteiger partial charge in [0.15, 0.2) is 0 Å². The van der Waals surface area contributed by atoms with Crippen LogP contribution in [0.4, 0.5) is 10.5 Å². The Morgan fingerprint density at radius 2 is 1.90 bits per heavy atom. The molecule has 0 bridgehead atoms. The molecule has 7 heteroatoms. The number of benzene rings is 2. The van der Waals surface area contributed by atoms with Gasteiger partial charge in [0.2, 0.25) is 0 Å². The molecule has 6 nitrogen and oxygen atoms in total. The minimum Gasteiger partial charge on any atom is -0.495 e. The van der Waals surface area contributed by atoms with E-state index in [2.05, 4.69) is 34.3 Å². The van der Waals surface area contributed by atoms with Gasteiger partial charge in [-0.2, -0.15) is 0 Å². The fourth-order valence-electron chi connectivity index (χ4n) is 4.39. The molecule has 2 fully saturated rings. The van der Waals surface area contributed by atoms with E-state index >= 15 is 0 Å². The standard InChI is InChI=1S/C23H29ClN4O2/c1-26-12-13-28(21(16-26)17-6-4-3-5-7-17)23(29)25-19-10-11-27(15-19)20-14-18(24)8-9-22(20)30-2/h3-9,14,19,21H,10-13,15-16H2,1-2H3,(H,25,29). The summed E-state index contributed by atoms with van der Waals surface area (Å²) in [6.07, 6.45) is 0.894. The molecule has 4 rings (SSSR count). The van der Waals surface area contributed by atoms with Gasteiger partial charge in [-0.1, -0.05) is 41.9 Å². The smallest absolute Gasteiger partial charge is 0.318 e. The molecule has 2 aliphatic heterocycles. The number of hydrogen-bond acceptors (Lipinski definition) is 4. The number of hydrogen-bond donors (Lipinski definition) is 1. The Hall–Kier alpha value is -2.44. The molecule has 2 unspecified atom stereocenters. The van der Waals surface area contributed by atoms with Gasteiger partial charge < -0.3 is 24.8 Å². The first-order chi connectivity index (χ1) is 14.5. The second kappa shape index (κ2) is 9.14. The largest absolute Gasteiger partial charge is 0.495 e. The minimum atomic E-state index is 0.0156. The van der Waals surface area contributed by atoms with Gasteiger partial charge in [0.25, 0.3) is 0 Å². The summed E-state index contributed by atoms with van der Waals surface area (Å²) in [7, 11) is 3.78. The van der Waals surface area contributed by atoms with Crippen LogP contribution < -0.4 is 15.0 Å². The number of piperazine rings is 1. The van der Waals surface area contributed by atoms with Crippen LogP contribution in [0.1, 0.15) is 18.0 Å². The first-order valence-corrected chi connectivity index (χ1v) is 10.8. The molecule has 0 aliphatic carbocycles. The van der Waals surface area contributed by atoms with Gasteiger partial charge in [0.1, 0.15) is 5.75 Å². The number of amides is 2. The Morgan fingerprint density at radius 3 is 2.67 bits per heavy atom. The average Bonchev–Trinajstić information content (AvgIpc) is 3.22. The molecule has 160 valence electrons. The third kappa shape index (κ3) is 4.50. The zero-order valence-electron chi connectivity index (χ0n) is 17.6. The van der Waals surface area contributed by atoms with E-state index in [4.69, 9.17) is 16.3 Å². The van der Waals surface area contributed by atoms with Crippen LogP contribution in [0.3, 0.4) is 0 Å². The fourth-order valence-corrected chi connectivity index (χ4v) is 4.55. The first-order valence-electron chi connectivity index (χ1n) is 10.4. The van der Waals surface area contributed by atoms with Crippen molar-refractivity contribution in [1.82, 2.24) is 15.1 Å². The van der Waals surface area contributed by atoms with Crippen molar-refractivity contribution in [2.75, 3.05) is 51.8 Å². The topological polar surface area (TPSA) is 48.1 Å². The SMILES string of the molecule is COc1ccc(Cl)cc1N1CCC(NC(=O)N2CCN(C)CC2c2ccccc2)C1. The number of urea groups is 1. The summed E-state index contributed by atoms with van der Waals surface area (Å²) < 4.78 is 5.50. The van der Waals surface area contributed by atoms with E-state index in [1.807, 2.05) is 41.3 Å². The van der Waals surface area contributed by atoms with E-state index in [1.54, 1.807) is 7.11 Å². The Kier molecular flexibility index (Phi) is 6.35. The van der Waals surface area contributed by atoms with Crippen molar-refractivity contribution in [3.8, 4) is 5.75 Å². The van der Waals surface area contributed by atoms with E-state index < -0.39 is 0 Å². The van der Waals surface area contributed by atoms with Crippen molar-refractivity contribution in [2.24, 2.45) is 0 Å². The Labute approximate surface area is 183 Å². The van der Waals surface area contributed by atoms with Crippen molar-refractivity contribution in [3.05, 3.63) is 59.1 Å². The molecule has 2 amide bonds. The molecule has 30 heavy (non-hydrogen) atoms. The molecule has 2 heterocycles. The molecule has 0 saturated carbocycles. The molecule has 2 aliphatic rings. The molecule has 0 aromatic heterocycles. The summed E-state index contributed by atoms with van der Waals surface area (Å²) in [6, 6.07) is 16.1. The van der Waals surface area contributed by atoms with Crippen LogP contribution in [-0.4, -0.2) is 68.8 Å². The number of nitrogens with one attached hydrogen (secondary N) is 1. The van der Waals surface area contributed by atoms with Crippen LogP contribution in [0.25, 0.3) is 0 Å². The maximum atomic E-state index is 13.2. The van der Waals surface area contributed by atoms with Gasteiger partial charge in [0.05, 0.1) is 18.8 Å². The maximum Gasteiger partial charge on any atom is 0.318 e. The number of carbonyl (C=O) groups is 1. The quantitative estimate of drug-likeness (QED) is 0.807. The summed E-state index contributed by atoms with van der Waals surface area (Å²) >= 11 is 6.20. The summed E-state index contributed by atoms with van der Waals surface area (Å²) in [5.74, 6) is 0.801. The number of nitrogens with zero attached hydrogens (tertiary/aromatic N) is 3. The highest BCUT2D eigenvalue weighted by atomic mass is 35.5.